The Kier molecular flexibility index (Phi) is 7.09. The Morgan fingerprint density at radius 2 is 1.88 bits per heavy atom. The average molecular weight is 484 g/mol. The number of nitrogens with zero attached hydrogens (tertiary/aromatic N) is 3. The van der Waals surface area contributed by atoms with Gasteiger partial charge in [0.2, 0.25) is 0 Å². The van der Waals surface area contributed by atoms with Crippen molar-refractivity contribution < 1.29 is 14.3 Å². The predicted octanol–water partition coefficient (Wildman–Crippen LogP) is 5.70. The molecule has 1 aromatic carbocycles. The van der Waals surface area contributed by atoms with Crippen molar-refractivity contribution in [1.82, 2.24) is 9.97 Å². The van der Waals surface area contributed by atoms with Crippen LogP contribution in [0.5, 0.6) is 0 Å². The lowest BCUT2D eigenvalue weighted by atomic mass is 10.1. The molecule has 0 aliphatic rings. The van der Waals surface area contributed by atoms with Gasteiger partial charge >= 0.3 is 5.97 Å². The van der Waals surface area contributed by atoms with Gasteiger partial charge in [-0.1, -0.05) is 36.4 Å². The van der Waals surface area contributed by atoms with E-state index in [4.69, 9.17) is 4.74 Å². The van der Waals surface area contributed by atoms with Gasteiger partial charge in [-0.05, 0) is 37.3 Å². The maximum absolute atomic E-state index is 13.5. The van der Waals surface area contributed by atoms with Crippen LogP contribution in [-0.4, -0.2) is 35.0 Å². The number of esters is 1. The zero-order valence-corrected chi connectivity index (χ0v) is 20.1. The van der Waals surface area contributed by atoms with E-state index in [1.165, 1.54) is 22.7 Å². The summed E-state index contributed by atoms with van der Waals surface area (Å²) < 4.78 is 5.11. The number of hydrogen-bond donors (Lipinski definition) is 0. The molecule has 0 bridgehead atoms. The Labute approximate surface area is 198 Å². The van der Waals surface area contributed by atoms with E-state index in [2.05, 4.69) is 9.97 Å². The van der Waals surface area contributed by atoms with Gasteiger partial charge in [-0.15, -0.1) is 34.0 Å². The number of benzene rings is 1. The fourth-order valence-electron chi connectivity index (χ4n) is 3.08. The van der Waals surface area contributed by atoms with Gasteiger partial charge in [0, 0.05) is 16.8 Å². The third-order valence-electron chi connectivity index (χ3n) is 4.65. The molecule has 0 aliphatic heterocycles. The van der Waals surface area contributed by atoms with Crippen LogP contribution in [0.2, 0.25) is 0 Å². The first-order chi connectivity index (χ1) is 15.6. The van der Waals surface area contributed by atoms with Crippen molar-refractivity contribution in [2.75, 3.05) is 18.1 Å². The normalized spacial score (nSPS) is 10.8. The average Bonchev–Trinajstić information content (AvgIpc) is 3.55. The molecule has 0 aliphatic carbocycles. The van der Waals surface area contributed by atoms with Crippen LogP contribution in [0.3, 0.4) is 0 Å². The Hall–Kier alpha value is -2.88. The number of rotatable bonds is 8. The van der Waals surface area contributed by atoms with Crippen molar-refractivity contribution >= 4 is 51.0 Å². The number of hydrogen-bond acceptors (Lipinski definition) is 8. The van der Waals surface area contributed by atoms with Gasteiger partial charge in [0.25, 0.3) is 5.91 Å². The highest BCUT2D eigenvalue weighted by atomic mass is 32.1. The van der Waals surface area contributed by atoms with E-state index in [9.17, 15) is 9.59 Å². The monoisotopic (exact) mass is 483 g/mol. The molecule has 0 saturated heterocycles. The lowest BCUT2D eigenvalue weighted by Gasteiger charge is -2.19. The molecule has 164 valence electrons. The van der Waals surface area contributed by atoms with Gasteiger partial charge in [0.15, 0.2) is 10.8 Å². The maximum Gasteiger partial charge on any atom is 0.358 e. The molecule has 0 radical (unpaired) electrons. The van der Waals surface area contributed by atoms with Crippen LogP contribution >= 0.6 is 34.0 Å². The summed E-state index contributed by atoms with van der Waals surface area (Å²) >= 11 is 4.34. The summed E-state index contributed by atoms with van der Waals surface area (Å²) in [5.74, 6) is -0.708. The highest BCUT2D eigenvalue weighted by Crippen LogP contribution is 2.31. The number of ether oxygens (including phenoxy) is 1. The number of aromatic nitrogens is 2. The third kappa shape index (κ3) is 4.95. The molecule has 6 nitrogen and oxygen atoms in total. The first-order valence-corrected chi connectivity index (χ1v) is 12.6. The second kappa shape index (κ2) is 10.2. The fourth-order valence-corrected chi connectivity index (χ4v) is 5.61. The molecule has 0 atom stereocenters. The summed E-state index contributed by atoms with van der Waals surface area (Å²) in [4.78, 5) is 38.2. The summed E-state index contributed by atoms with van der Waals surface area (Å²) in [5.41, 5.74) is 1.74. The van der Waals surface area contributed by atoms with E-state index in [-0.39, 0.29) is 18.2 Å². The van der Waals surface area contributed by atoms with E-state index in [0.717, 1.165) is 15.4 Å². The summed E-state index contributed by atoms with van der Waals surface area (Å²) in [7, 11) is 0. The smallest absolute Gasteiger partial charge is 0.358 e. The molecule has 3 heterocycles. The SMILES string of the molecule is CCOC(=O)c1nc(N(CCc2ccccc2)C(=O)c2csc(-c3cccs3)n2)sc1C. The van der Waals surface area contributed by atoms with Crippen molar-refractivity contribution in [3.8, 4) is 9.88 Å². The highest BCUT2D eigenvalue weighted by molar-refractivity contribution is 7.20. The lowest BCUT2D eigenvalue weighted by Crippen LogP contribution is -2.33. The van der Waals surface area contributed by atoms with E-state index in [0.29, 0.717) is 28.7 Å². The molecule has 32 heavy (non-hydrogen) atoms. The van der Waals surface area contributed by atoms with E-state index < -0.39 is 5.97 Å². The van der Waals surface area contributed by atoms with Gasteiger partial charge in [-0.25, -0.2) is 14.8 Å². The minimum atomic E-state index is -0.475. The maximum atomic E-state index is 13.5. The van der Waals surface area contributed by atoms with Crippen LogP contribution < -0.4 is 4.90 Å². The number of aryl methyl sites for hydroxylation is 1. The Morgan fingerprint density at radius 1 is 1.06 bits per heavy atom. The zero-order chi connectivity index (χ0) is 22.5. The largest absolute Gasteiger partial charge is 0.461 e. The van der Waals surface area contributed by atoms with Crippen molar-refractivity contribution in [3.63, 3.8) is 0 Å². The highest BCUT2D eigenvalue weighted by Gasteiger charge is 2.26. The van der Waals surface area contributed by atoms with Crippen molar-refractivity contribution in [1.29, 1.82) is 0 Å². The summed E-state index contributed by atoms with van der Waals surface area (Å²) in [5, 5.41) is 5.05. The van der Waals surface area contributed by atoms with Gasteiger partial charge < -0.3 is 4.74 Å². The second-order valence-electron chi connectivity index (χ2n) is 6.83. The molecule has 3 aromatic heterocycles. The Morgan fingerprint density at radius 3 is 2.59 bits per heavy atom. The quantitative estimate of drug-likeness (QED) is 0.301. The summed E-state index contributed by atoms with van der Waals surface area (Å²) in [6, 6.07) is 13.9. The van der Waals surface area contributed by atoms with Crippen LogP contribution in [-0.2, 0) is 11.2 Å². The van der Waals surface area contributed by atoms with E-state index in [1.54, 1.807) is 28.5 Å². The first-order valence-electron chi connectivity index (χ1n) is 10.1. The first kappa shape index (κ1) is 22.3. The predicted molar refractivity (Wildman–Crippen MR) is 130 cm³/mol. The number of thiophene rings is 1. The molecule has 1 amide bonds. The topological polar surface area (TPSA) is 72.4 Å². The van der Waals surface area contributed by atoms with Gasteiger partial charge in [-0.3, -0.25) is 9.69 Å². The lowest BCUT2D eigenvalue weighted by molar-refractivity contribution is 0.0519. The van der Waals surface area contributed by atoms with Gasteiger partial charge in [0.1, 0.15) is 10.7 Å². The molecule has 4 rings (SSSR count). The molecule has 0 fully saturated rings. The number of carbonyl (C=O) groups excluding carboxylic acids is 2. The molecular formula is C23H21N3O3S3. The second-order valence-corrected chi connectivity index (χ2v) is 9.82. The Balaban J connectivity index is 1.64. The molecular weight excluding hydrogens is 462 g/mol. The standard InChI is InChI=1S/C23H21N3O3S3/c1-3-29-22(28)19-15(2)32-23(25-19)26(12-11-16-8-5-4-6-9-16)21(27)17-14-31-20(24-17)18-10-7-13-30-18/h4-10,13-14H,3,11-12H2,1-2H3. The van der Waals surface area contributed by atoms with Crippen LogP contribution in [0.1, 0.15) is 38.3 Å². The van der Waals surface area contributed by atoms with Crippen molar-refractivity contribution in [2.24, 2.45) is 0 Å². The van der Waals surface area contributed by atoms with Crippen molar-refractivity contribution in [2.45, 2.75) is 20.3 Å². The van der Waals surface area contributed by atoms with Crippen LogP contribution in [0, 0.1) is 6.92 Å². The Bertz CT molecular complexity index is 1200. The van der Waals surface area contributed by atoms with Gasteiger partial charge in [0.05, 0.1) is 11.5 Å². The van der Waals surface area contributed by atoms with Crippen LogP contribution in [0.4, 0.5) is 5.13 Å². The van der Waals surface area contributed by atoms with E-state index >= 15 is 0 Å². The number of thiazole rings is 2. The molecule has 0 saturated carbocycles. The number of carbonyl (C=O) groups is 2. The van der Waals surface area contributed by atoms with Gasteiger partial charge in [-0.2, -0.15) is 0 Å². The summed E-state index contributed by atoms with van der Waals surface area (Å²) in [6.45, 7) is 4.25. The van der Waals surface area contributed by atoms with Crippen LogP contribution in [0.15, 0.2) is 53.2 Å². The third-order valence-corrected chi connectivity index (χ3v) is 7.53. The minimum Gasteiger partial charge on any atom is -0.461 e. The zero-order valence-electron chi connectivity index (χ0n) is 17.6. The summed E-state index contributed by atoms with van der Waals surface area (Å²) in [6.07, 6.45) is 0.655. The molecule has 4 aromatic rings. The number of anilines is 1. The molecule has 0 unspecified atom stereocenters. The molecule has 0 spiro atoms. The van der Waals surface area contributed by atoms with Crippen molar-refractivity contribution in [3.05, 3.63) is 75.1 Å². The molecule has 9 heteroatoms. The van der Waals surface area contributed by atoms with E-state index in [1.807, 2.05) is 54.8 Å². The molecule has 0 N–H and O–H groups in total. The van der Waals surface area contributed by atoms with Crippen LogP contribution in [0.25, 0.3) is 9.88 Å². The minimum absolute atomic E-state index is 0.232. The fraction of sp³-hybridized carbons (Fsp3) is 0.217. The number of amides is 1.